The summed E-state index contributed by atoms with van der Waals surface area (Å²) < 4.78 is 12.8. The minimum Gasteiger partial charge on any atom is -0.387 e. The van der Waals surface area contributed by atoms with E-state index in [1.165, 1.54) is 24.3 Å². The highest BCUT2D eigenvalue weighted by atomic mass is 19.1. The van der Waals surface area contributed by atoms with Gasteiger partial charge in [0.25, 0.3) is 0 Å². The molecule has 6 heteroatoms. The fraction of sp³-hybridized carbons (Fsp3) is 0.158. The molecule has 0 bridgehead atoms. The second kappa shape index (κ2) is 8.75. The predicted molar refractivity (Wildman–Crippen MR) is 93.3 cm³/mol. The minimum atomic E-state index is -0.828. The van der Waals surface area contributed by atoms with Gasteiger partial charge in [-0.1, -0.05) is 29.8 Å². The van der Waals surface area contributed by atoms with E-state index in [-0.39, 0.29) is 6.54 Å². The molecule has 0 aliphatic rings. The minimum absolute atomic E-state index is 0.0339. The molecule has 0 radical (unpaired) electrons. The average molecular weight is 342 g/mol. The van der Waals surface area contributed by atoms with Gasteiger partial charge in [-0.05, 0) is 36.8 Å². The zero-order valence-electron chi connectivity index (χ0n) is 13.7. The van der Waals surface area contributed by atoms with E-state index in [4.69, 9.17) is 0 Å². The first-order valence-electron chi connectivity index (χ1n) is 7.71. The van der Waals surface area contributed by atoms with Crippen molar-refractivity contribution in [2.75, 3.05) is 11.9 Å². The van der Waals surface area contributed by atoms with Crippen LogP contribution in [0.2, 0.25) is 0 Å². The Balaban J connectivity index is 1.79. The van der Waals surface area contributed by atoms with E-state index in [0.29, 0.717) is 11.3 Å². The number of halogens is 1. The maximum absolute atomic E-state index is 12.8. The van der Waals surface area contributed by atoms with Crippen LogP contribution in [0.4, 0.5) is 10.1 Å². The standard InChI is InChI=1S/C19H19FN2O3/c1-13-3-2-4-14(11-13)17(23)12-21-18(24)9-10-19(25)22-16-7-5-15(20)6-8-16/h2-11,17,23H,12H2,1H3,(H,21,24)(H,22,25)/b10-9+. The first-order chi connectivity index (χ1) is 11.9. The third-order valence-electron chi connectivity index (χ3n) is 3.39. The van der Waals surface area contributed by atoms with Crippen LogP contribution in [0.5, 0.6) is 0 Å². The maximum Gasteiger partial charge on any atom is 0.248 e. The van der Waals surface area contributed by atoms with Crippen molar-refractivity contribution in [3.05, 3.63) is 77.6 Å². The summed E-state index contributed by atoms with van der Waals surface area (Å²) in [6.07, 6.45) is 1.31. The SMILES string of the molecule is Cc1cccc(C(O)CNC(=O)/C=C/C(=O)Nc2ccc(F)cc2)c1. The van der Waals surface area contributed by atoms with Crippen molar-refractivity contribution in [2.45, 2.75) is 13.0 Å². The van der Waals surface area contributed by atoms with E-state index in [9.17, 15) is 19.1 Å². The first-order valence-corrected chi connectivity index (χ1v) is 7.71. The topological polar surface area (TPSA) is 78.4 Å². The number of amides is 2. The molecule has 0 saturated heterocycles. The number of nitrogens with one attached hydrogen (secondary N) is 2. The van der Waals surface area contributed by atoms with Gasteiger partial charge in [0, 0.05) is 24.4 Å². The van der Waals surface area contributed by atoms with Gasteiger partial charge in [0.2, 0.25) is 11.8 Å². The van der Waals surface area contributed by atoms with E-state index in [0.717, 1.165) is 17.7 Å². The van der Waals surface area contributed by atoms with E-state index < -0.39 is 23.7 Å². The van der Waals surface area contributed by atoms with Crippen molar-refractivity contribution in [3.8, 4) is 0 Å². The molecular formula is C19H19FN2O3. The third kappa shape index (κ3) is 6.19. The number of benzene rings is 2. The highest BCUT2D eigenvalue weighted by molar-refractivity contribution is 6.03. The summed E-state index contributed by atoms with van der Waals surface area (Å²) in [4.78, 5) is 23.4. The summed E-state index contributed by atoms with van der Waals surface area (Å²) >= 11 is 0. The van der Waals surface area contributed by atoms with E-state index >= 15 is 0 Å². The highest BCUT2D eigenvalue weighted by Gasteiger charge is 2.08. The number of carbonyl (C=O) groups excluding carboxylic acids is 2. The van der Waals surface area contributed by atoms with Crippen LogP contribution in [0, 0.1) is 12.7 Å². The number of carbonyl (C=O) groups is 2. The Morgan fingerprint density at radius 2 is 1.80 bits per heavy atom. The lowest BCUT2D eigenvalue weighted by Gasteiger charge is -2.11. The van der Waals surface area contributed by atoms with Crippen LogP contribution in [0.3, 0.4) is 0 Å². The van der Waals surface area contributed by atoms with Crippen LogP contribution < -0.4 is 10.6 Å². The fourth-order valence-corrected chi connectivity index (χ4v) is 2.12. The van der Waals surface area contributed by atoms with E-state index in [2.05, 4.69) is 10.6 Å². The Kier molecular flexibility index (Phi) is 6.42. The molecule has 130 valence electrons. The molecule has 0 heterocycles. The highest BCUT2D eigenvalue weighted by Crippen LogP contribution is 2.13. The molecular weight excluding hydrogens is 323 g/mol. The quantitative estimate of drug-likeness (QED) is 0.706. The molecule has 2 rings (SSSR count). The van der Waals surface area contributed by atoms with Gasteiger partial charge in [-0.25, -0.2) is 4.39 Å². The molecule has 0 saturated carbocycles. The summed E-state index contributed by atoms with van der Waals surface area (Å²) in [5.41, 5.74) is 2.14. The second-order valence-electron chi connectivity index (χ2n) is 5.50. The normalized spacial score (nSPS) is 12.0. The van der Waals surface area contributed by atoms with Crippen molar-refractivity contribution in [1.82, 2.24) is 5.32 Å². The molecule has 3 N–H and O–H groups in total. The Labute approximate surface area is 145 Å². The van der Waals surface area contributed by atoms with Crippen LogP contribution in [0.25, 0.3) is 0 Å². The number of anilines is 1. The number of hydrogen-bond acceptors (Lipinski definition) is 3. The van der Waals surface area contributed by atoms with Crippen LogP contribution in [0.1, 0.15) is 17.2 Å². The molecule has 0 aliphatic heterocycles. The van der Waals surface area contributed by atoms with Gasteiger partial charge < -0.3 is 15.7 Å². The van der Waals surface area contributed by atoms with Gasteiger partial charge in [-0.2, -0.15) is 0 Å². The third-order valence-corrected chi connectivity index (χ3v) is 3.39. The first kappa shape index (κ1) is 18.4. The van der Waals surface area contributed by atoms with Gasteiger partial charge in [-0.3, -0.25) is 9.59 Å². The molecule has 2 aromatic carbocycles. The summed E-state index contributed by atoms with van der Waals surface area (Å²) in [7, 11) is 0. The van der Waals surface area contributed by atoms with Gasteiger partial charge in [-0.15, -0.1) is 0 Å². The maximum atomic E-state index is 12.8. The zero-order valence-corrected chi connectivity index (χ0v) is 13.7. The Bertz CT molecular complexity index is 772. The van der Waals surface area contributed by atoms with Gasteiger partial charge in [0.05, 0.1) is 6.10 Å². The van der Waals surface area contributed by atoms with Gasteiger partial charge in [0.1, 0.15) is 5.82 Å². The Morgan fingerprint density at radius 3 is 2.48 bits per heavy atom. The lowest BCUT2D eigenvalue weighted by atomic mass is 10.1. The van der Waals surface area contributed by atoms with Crippen LogP contribution in [0.15, 0.2) is 60.7 Å². The molecule has 2 aromatic rings. The Morgan fingerprint density at radius 1 is 1.12 bits per heavy atom. The summed E-state index contributed by atoms with van der Waals surface area (Å²) in [6.45, 7) is 1.95. The van der Waals surface area contributed by atoms with Gasteiger partial charge >= 0.3 is 0 Å². The molecule has 25 heavy (non-hydrogen) atoms. The fourth-order valence-electron chi connectivity index (χ4n) is 2.12. The monoisotopic (exact) mass is 342 g/mol. The van der Waals surface area contributed by atoms with Crippen molar-refractivity contribution >= 4 is 17.5 Å². The zero-order chi connectivity index (χ0) is 18.2. The smallest absolute Gasteiger partial charge is 0.248 e. The number of aliphatic hydroxyl groups is 1. The average Bonchev–Trinajstić information content (AvgIpc) is 2.60. The molecule has 5 nitrogen and oxygen atoms in total. The number of aliphatic hydroxyl groups excluding tert-OH is 1. The van der Waals surface area contributed by atoms with Crippen molar-refractivity contribution < 1.29 is 19.1 Å². The predicted octanol–water partition coefficient (Wildman–Crippen LogP) is 2.48. The summed E-state index contributed by atoms with van der Waals surface area (Å²) in [6, 6.07) is 12.6. The lowest BCUT2D eigenvalue weighted by molar-refractivity contribution is -0.117. The van der Waals surface area contributed by atoms with E-state index in [1.807, 2.05) is 25.1 Å². The second-order valence-corrected chi connectivity index (χ2v) is 5.50. The molecule has 0 aliphatic carbocycles. The largest absolute Gasteiger partial charge is 0.387 e. The lowest BCUT2D eigenvalue weighted by Crippen LogP contribution is -2.27. The van der Waals surface area contributed by atoms with Gasteiger partial charge in [0.15, 0.2) is 0 Å². The number of hydrogen-bond donors (Lipinski definition) is 3. The van der Waals surface area contributed by atoms with E-state index in [1.54, 1.807) is 6.07 Å². The Hall–Kier alpha value is -2.99. The molecule has 1 unspecified atom stereocenters. The van der Waals surface area contributed by atoms with Crippen LogP contribution in [-0.4, -0.2) is 23.5 Å². The summed E-state index contributed by atoms with van der Waals surface area (Å²) in [5.74, 6) is -1.41. The molecule has 0 fully saturated rings. The van der Waals surface area contributed by atoms with Crippen molar-refractivity contribution in [1.29, 1.82) is 0 Å². The number of aryl methyl sites for hydroxylation is 1. The molecule has 0 aromatic heterocycles. The van der Waals surface area contributed by atoms with Crippen LogP contribution >= 0.6 is 0 Å². The van der Waals surface area contributed by atoms with Crippen molar-refractivity contribution in [2.24, 2.45) is 0 Å². The molecule has 1 atom stereocenters. The summed E-state index contributed by atoms with van der Waals surface area (Å²) in [5, 5.41) is 15.1. The number of rotatable bonds is 6. The van der Waals surface area contributed by atoms with Crippen molar-refractivity contribution in [3.63, 3.8) is 0 Å². The molecule has 0 spiro atoms. The van der Waals surface area contributed by atoms with Crippen LogP contribution in [-0.2, 0) is 9.59 Å². The molecule has 2 amide bonds.